The van der Waals surface area contributed by atoms with E-state index in [0.717, 1.165) is 18.3 Å². The molecule has 5 nitrogen and oxygen atoms in total. The quantitative estimate of drug-likeness (QED) is 0.807. The van der Waals surface area contributed by atoms with Crippen LogP contribution >= 0.6 is 0 Å². The largest absolute Gasteiger partial charge is 0.489 e. The maximum atomic E-state index is 10.1. The minimum atomic E-state index is -0.992. The lowest BCUT2D eigenvalue weighted by atomic mass is 9.82. The SMILES string of the molecule is CC(C)(O)C(C)(C)O[B]c1ccc(OC2CCOCC2)c(C#N)c1. The Morgan fingerprint density at radius 2 is 1.92 bits per heavy atom. The molecule has 1 aromatic rings. The van der Waals surface area contributed by atoms with E-state index in [1.165, 1.54) is 0 Å². The lowest BCUT2D eigenvalue weighted by Gasteiger charge is -2.37. The Bertz CT molecular complexity index is 598. The van der Waals surface area contributed by atoms with Crippen molar-refractivity contribution in [2.24, 2.45) is 0 Å². The second-order valence-corrected chi connectivity index (χ2v) is 7.10. The number of hydrogen-bond donors (Lipinski definition) is 1. The molecule has 0 atom stereocenters. The summed E-state index contributed by atoms with van der Waals surface area (Å²) in [6, 6.07) is 7.54. The maximum absolute atomic E-state index is 10.1. The van der Waals surface area contributed by atoms with Crippen LogP contribution < -0.4 is 10.2 Å². The molecule has 1 radical (unpaired) electrons. The van der Waals surface area contributed by atoms with Gasteiger partial charge in [0.1, 0.15) is 17.9 Å². The lowest BCUT2D eigenvalue weighted by molar-refractivity contribution is -0.0893. The number of aliphatic hydroxyl groups is 1. The topological polar surface area (TPSA) is 71.7 Å². The lowest BCUT2D eigenvalue weighted by Crippen LogP contribution is -2.49. The Labute approximate surface area is 144 Å². The van der Waals surface area contributed by atoms with Crippen LogP contribution in [-0.2, 0) is 9.39 Å². The van der Waals surface area contributed by atoms with Gasteiger partial charge in [-0.1, -0.05) is 11.5 Å². The van der Waals surface area contributed by atoms with Gasteiger partial charge in [0.05, 0.1) is 30.0 Å². The molecule has 24 heavy (non-hydrogen) atoms. The molecule has 2 rings (SSSR count). The third kappa shape index (κ3) is 4.73. The molecule has 1 aliphatic heterocycles. The average molecular weight is 330 g/mol. The summed E-state index contributed by atoms with van der Waals surface area (Å²) in [5.41, 5.74) is -0.520. The molecule has 1 saturated heterocycles. The molecule has 129 valence electrons. The number of nitrogens with zero attached hydrogens (tertiary/aromatic N) is 1. The van der Waals surface area contributed by atoms with Crippen LogP contribution in [0.15, 0.2) is 18.2 Å². The van der Waals surface area contributed by atoms with Gasteiger partial charge in [0, 0.05) is 12.8 Å². The summed E-state index contributed by atoms with van der Waals surface area (Å²) in [7, 11) is 1.57. The van der Waals surface area contributed by atoms with Gasteiger partial charge in [0.15, 0.2) is 0 Å². The van der Waals surface area contributed by atoms with E-state index in [1.54, 1.807) is 33.5 Å². The molecule has 1 aromatic carbocycles. The van der Waals surface area contributed by atoms with Crippen molar-refractivity contribution in [2.75, 3.05) is 13.2 Å². The van der Waals surface area contributed by atoms with E-state index in [4.69, 9.17) is 14.1 Å². The van der Waals surface area contributed by atoms with E-state index in [2.05, 4.69) is 6.07 Å². The zero-order chi connectivity index (χ0) is 17.8. The molecule has 1 N–H and O–H groups in total. The van der Waals surface area contributed by atoms with Gasteiger partial charge in [0.2, 0.25) is 0 Å². The van der Waals surface area contributed by atoms with Crippen molar-refractivity contribution >= 4 is 12.9 Å². The highest BCUT2D eigenvalue weighted by molar-refractivity contribution is 6.47. The molecule has 1 fully saturated rings. The summed E-state index contributed by atoms with van der Waals surface area (Å²) in [6.07, 6.45) is 1.76. The van der Waals surface area contributed by atoms with E-state index < -0.39 is 11.2 Å². The summed E-state index contributed by atoms with van der Waals surface area (Å²) in [5, 5.41) is 19.5. The van der Waals surface area contributed by atoms with Crippen molar-refractivity contribution in [1.82, 2.24) is 0 Å². The number of rotatable bonds is 6. The van der Waals surface area contributed by atoms with E-state index >= 15 is 0 Å². The van der Waals surface area contributed by atoms with Crippen LogP contribution in [0.3, 0.4) is 0 Å². The van der Waals surface area contributed by atoms with Gasteiger partial charge < -0.3 is 19.2 Å². The van der Waals surface area contributed by atoms with Gasteiger partial charge in [-0.2, -0.15) is 5.26 Å². The predicted molar refractivity (Wildman–Crippen MR) is 92.5 cm³/mol. The molecule has 6 heteroatoms. The first-order valence-corrected chi connectivity index (χ1v) is 8.25. The van der Waals surface area contributed by atoms with Gasteiger partial charge in [-0.05, 0) is 39.8 Å². The highest BCUT2D eigenvalue weighted by atomic mass is 16.5. The maximum Gasteiger partial charge on any atom is 0.330 e. The molecule has 0 aromatic heterocycles. The molecule has 0 spiro atoms. The monoisotopic (exact) mass is 330 g/mol. The minimum Gasteiger partial charge on any atom is -0.489 e. The summed E-state index contributed by atoms with van der Waals surface area (Å²) in [4.78, 5) is 0. The molecule has 0 bridgehead atoms. The van der Waals surface area contributed by atoms with Crippen molar-refractivity contribution in [3.05, 3.63) is 23.8 Å². The zero-order valence-electron chi connectivity index (χ0n) is 14.8. The number of hydrogen-bond acceptors (Lipinski definition) is 5. The molecule has 0 amide bonds. The fraction of sp³-hybridized carbons (Fsp3) is 0.611. The molecule has 0 unspecified atom stereocenters. The smallest absolute Gasteiger partial charge is 0.330 e. The Hall–Kier alpha value is -1.55. The summed E-state index contributed by atoms with van der Waals surface area (Å²) >= 11 is 0. The van der Waals surface area contributed by atoms with Crippen molar-refractivity contribution in [3.8, 4) is 11.8 Å². The molecular weight excluding hydrogens is 305 g/mol. The molecular formula is C18H25BNO4. The molecule has 1 heterocycles. The van der Waals surface area contributed by atoms with E-state index in [9.17, 15) is 10.4 Å². The number of ether oxygens (including phenoxy) is 2. The summed E-state index contributed by atoms with van der Waals surface area (Å²) in [6.45, 7) is 8.42. The van der Waals surface area contributed by atoms with Crippen LogP contribution in [0.25, 0.3) is 0 Å². The summed E-state index contributed by atoms with van der Waals surface area (Å²) < 4.78 is 17.0. The normalized spacial score (nSPS) is 16.5. The third-order valence-corrected chi connectivity index (χ3v) is 4.55. The zero-order valence-corrected chi connectivity index (χ0v) is 14.8. The Morgan fingerprint density at radius 1 is 1.25 bits per heavy atom. The van der Waals surface area contributed by atoms with E-state index in [-0.39, 0.29) is 6.10 Å². The third-order valence-electron chi connectivity index (χ3n) is 4.55. The van der Waals surface area contributed by atoms with Crippen molar-refractivity contribution in [3.63, 3.8) is 0 Å². The van der Waals surface area contributed by atoms with Crippen LogP contribution in [0.1, 0.15) is 46.1 Å². The van der Waals surface area contributed by atoms with Crippen LogP contribution in [0, 0.1) is 11.3 Å². The molecule has 0 saturated carbocycles. The van der Waals surface area contributed by atoms with Crippen LogP contribution in [0.5, 0.6) is 5.75 Å². The highest BCUT2D eigenvalue weighted by Gasteiger charge is 2.35. The van der Waals surface area contributed by atoms with Gasteiger partial charge in [0.25, 0.3) is 0 Å². The van der Waals surface area contributed by atoms with E-state index in [0.29, 0.717) is 24.5 Å². The number of benzene rings is 1. The van der Waals surface area contributed by atoms with Crippen LogP contribution in [0.4, 0.5) is 0 Å². The van der Waals surface area contributed by atoms with Gasteiger partial charge >= 0.3 is 7.48 Å². The van der Waals surface area contributed by atoms with Crippen molar-refractivity contribution in [2.45, 2.75) is 57.8 Å². The standard InChI is InChI=1S/C18H25BNO4/c1-17(2,21)18(3,4)24-19-14-5-6-16(13(11-14)12-20)23-15-7-9-22-10-8-15/h5-6,11,15,21H,7-10H2,1-4H3. The first-order valence-electron chi connectivity index (χ1n) is 8.25. The first kappa shape index (κ1) is 18.8. The van der Waals surface area contributed by atoms with Crippen LogP contribution in [0.2, 0.25) is 0 Å². The van der Waals surface area contributed by atoms with Gasteiger partial charge in [-0.25, -0.2) is 0 Å². The van der Waals surface area contributed by atoms with Crippen LogP contribution in [-0.4, -0.2) is 43.1 Å². The highest BCUT2D eigenvalue weighted by Crippen LogP contribution is 2.25. The minimum absolute atomic E-state index is 0.0889. The Morgan fingerprint density at radius 3 is 2.50 bits per heavy atom. The Kier molecular flexibility index (Phi) is 5.92. The summed E-state index contributed by atoms with van der Waals surface area (Å²) in [5.74, 6) is 0.586. The van der Waals surface area contributed by atoms with Crippen molar-refractivity contribution in [1.29, 1.82) is 5.26 Å². The fourth-order valence-electron chi connectivity index (χ4n) is 2.14. The fourth-order valence-corrected chi connectivity index (χ4v) is 2.14. The molecule has 1 aliphatic rings. The van der Waals surface area contributed by atoms with E-state index in [1.807, 2.05) is 19.9 Å². The average Bonchev–Trinajstić information content (AvgIpc) is 2.54. The predicted octanol–water partition coefficient (Wildman–Crippen LogP) is 1.93. The van der Waals surface area contributed by atoms with Crippen molar-refractivity contribution < 1.29 is 19.2 Å². The van der Waals surface area contributed by atoms with Gasteiger partial charge in [-0.15, -0.1) is 0 Å². The molecule has 0 aliphatic carbocycles. The second kappa shape index (κ2) is 7.56. The first-order chi connectivity index (χ1) is 11.2. The van der Waals surface area contributed by atoms with Gasteiger partial charge in [-0.3, -0.25) is 0 Å². The Balaban J connectivity index is 2.04. The number of nitriles is 1. The second-order valence-electron chi connectivity index (χ2n) is 7.10.